The fraction of sp³-hybridized carbons (Fsp3) is 0.158. The van der Waals surface area contributed by atoms with Gasteiger partial charge >= 0.3 is 0 Å². The Morgan fingerprint density at radius 3 is 2.44 bits per heavy atom. The van der Waals surface area contributed by atoms with Crippen molar-refractivity contribution in [1.29, 1.82) is 0 Å². The molecule has 0 atom stereocenters. The SMILES string of the molecule is COc1ccc(OC)c(Nc2ncc(C(=O)NCc3ccncc3)cn2)c1. The van der Waals surface area contributed by atoms with E-state index >= 15 is 0 Å². The summed E-state index contributed by atoms with van der Waals surface area (Å²) in [4.78, 5) is 24.5. The highest BCUT2D eigenvalue weighted by Crippen LogP contribution is 2.30. The Morgan fingerprint density at radius 2 is 1.78 bits per heavy atom. The van der Waals surface area contributed by atoms with Crippen molar-refractivity contribution in [2.45, 2.75) is 6.54 Å². The number of nitrogens with zero attached hydrogens (tertiary/aromatic N) is 3. The van der Waals surface area contributed by atoms with E-state index in [2.05, 4.69) is 25.6 Å². The zero-order valence-electron chi connectivity index (χ0n) is 15.0. The molecule has 3 rings (SSSR count). The highest BCUT2D eigenvalue weighted by Gasteiger charge is 2.10. The summed E-state index contributed by atoms with van der Waals surface area (Å²) < 4.78 is 10.5. The number of ether oxygens (including phenoxy) is 2. The third kappa shape index (κ3) is 4.69. The van der Waals surface area contributed by atoms with Gasteiger partial charge in [-0.25, -0.2) is 9.97 Å². The predicted molar refractivity (Wildman–Crippen MR) is 100 cm³/mol. The van der Waals surface area contributed by atoms with E-state index in [1.807, 2.05) is 12.1 Å². The number of hydrogen-bond acceptors (Lipinski definition) is 7. The van der Waals surface area contributed by atoms with Gasteiger partial charge < -0.3 is 20.1 Å². The van der Waals surface area contributed by atoms with E-state index in [4.69, 9.17) is 9.47 Å². The fourth-order valence-corrected chi connectivity index (χ4v) is 2.33. The Labute approximate surface area is 156 Å². The molecule has 0 bridgehead atoms. The first-order chi connectivity index (χ1) is 13.2. The molecule has 0 aliphatic carbocycles. The van der Waals surface area contributed by atoms with Crippen LogP contribution in [0.3, 0.4) is 0 Å². The van der Waals surface area contributed by atoms with Gasteiger partial charge in [0.1, 0.15) is 11.5 Å². The number of aromatic nitrogens is 3. The summed E-state index contributed by atoms with van der Waals surface area (Å²) in [6.45, 7) is 0.405. The Hall–Kier alpha value is -3.68. The van der Waals surface area contributed by atoms with E-state index in [1.165, 1.54) is 12.4 Å². The molecule has 0 unspecified atom stereocenters. The first kappa shape index (κ1) is 18.1. The van der Waals surface area contributed by atoms with Crippen molar-refractivity contribution in [2.24, 2.45) is 0 Å². The van der Waals surface area contributed by atoms with Crippen molar-refractivity contribution in [3.8, 4) is 11.5 Å². The third-order valence-corrected chi connectivity index (χ3v) is 3.77. The zero-order valence-corrected chi connectivity index (χ0v) is 15.0. The van der Waals surface area contributed by atoms with E-state index in [1.54, 1.807) is 44.8 Å². The predicted octanol–water partition coefficient (Wildman–Crippen LogP) is 2.56. The van der Waals surface area contributed by atoms with E-state index in [-0.39, 0.29) is 5.91 Å². The number of methoxy groups -OCH3 is 2. The van der Waals surface area contributed by atoms with Crippen molar-refractivity contribution >= 4 is 17.5 Å². The van der Waals surface area contributed by atoms with Gasteiger partial charge in [0.25, 0.3) is 5.91 Å². The summed E-state index contributed by atoms with van der Waals surface area (Å²) in [6, 6.07) is 9.03. The number of rotatable bonds is 7. The Kier molecular flexibility index (Phi) is 5.78. The van der Waals surface area contributed by atoms with Gasteiger partial charge in [-0.3, -0.25) is 9.78 Å². The number of amides is 1. The van der Waals surface area contributed by atoms with Crippen molar-refractivity contribution < 1.29 is 14.3 Å². The second kappa shape index (κ2) is 8.61. The first-order valence-electron chi connectivity index (χ1n) is 8.18. The van der Waals surface area contributed by atoms with Crippen LogP contribution in [0.2, 0.25) is 0 Å². The van der Waals surface area contributed by atoms with Gasteiger partial charge in [-0.1, -0.05) is 0 Å². The molecule has 8 heteroatoms. The van der Waals surface area contributed by atoms with Crippen LogP contribution in [0.5, 0.6) is 11.5 Å². The van der Waals surface area contributed by atoms with Crippen LogP contribution in [-0.2, 0) is 6.54 Å². The van der Waals surface area contributed by atoms with Crippen LogP contribution in [0, 0.1) is 0 Å². The number of carbonyl (C=O) groups excluding carboxylic acids is 1. The average molecular weight is 365 g/mol. The molecule has 2 heterocycles. The lowest BCUT2D eigenvalue weighted by Crippen LogP contribution is -2.23. The normalized spacial score (nSPS) is 10.1. The highest BCUT2D eigenvalue weighted by molar-refractivity contribution is 5.93. The molecule has 1 amide bonds. The van der Waals surface area contributed by atoms with E-state index in [0.29, 0.717) is 35.2 Å². The Bertz CT molecular complexity index is 901. The van der Waals surface area contributed by atoms with Crippen LogP contribution < -0.4 is 20.1 Å². The number of carbonyl (C=O) groups is 1. The van der Waals surface area contributed by atoms with Gasteiger partial charge in [-0.05, 0) is 29.8 Å². The first-order valence-corrected chi connectivity index (χ1v) is 8.18. The lowest BCUT2D eigenvalue weighted by atomic mass is 10.2. The minimum absolute atomic E-state index is 0.252. The van der Waals surface area contributed by atoms with Crippen LogP contribution >= 0.6 is 0 Å². The molecule has 0 aliphatic rings. The molecule has 8 nitrogen and oxygen atoms in total. The monoisotopic (exact) mass is 365 g/mol. The maximum Gasteiger partial charge on any atom is 0.254 e. The number of nitrogens with one attached hydrogen (secondary N) is 2. The third-order valence-electron chi connectivity index (χ3n) is 3.77. The molecule has 1 aromatic carbocycles. The molecular weight excluding hydrogens is 346 g/mol. The van der Waals surface area contributed by atoms with Crippen LogP contribution in [0.1, 0.15) is 15.9 Å². The molecule has 3 aromatic rings. The highest BCUT2D eigenvalue weighted by atomic mass is 16.5. The molecule has 0 saturated heterocycles. The second-order valence-corrected chi connectivity index (χ2v) is 5.52. The lowest BCUT2D eigenvalue weighted by molar-refractivity contribution is 0.0950. The largest absolute Gasteiger partial charge is 0.497 e. The van der Waals surface area contributed by atoms with Gasteiger partial charge in [-0.2, -0.15) is 0 Å². The van der Waals surface area contributed by atoms with Gasteiger partial charge in [0.05, 0.1) is 25.5 Å². The topological polar surface area (TPSA) is 98.3 Å². The molecule has 27 heavy (non-hydrogen) atoms. The Morgan fingerprint density at radius 1 is 1.04 bits per heavy atom. The van der Waals surface area contributed by atoms with E-state index < -0.39 is 0 Å². The van der Waals surface area contributed by atoms with Crippen LogP contribution in [-0.4, -0.2) is 35.1 Å². The van der Waals surface area contributed by atoms with E-state index in [9.17, 15) is 4.79 Å². The summed E-state index contributed by atoms with van der Waals surface area (Å²) in [5.41, 5.74) is 1.99. The molecule has 0 spiro atoms. The molecule has 2 N–H and O–H groups in total. The van der Waals surface area contributed by atoms with Crippen LogP contribution in [0.25, 0.3) is 0 Å². The minimum atomic E-state index is -0.252. The molecule has 138 valence electrons. The van der Waals surface area contributed by atoms with E-state index in [0.717, 1.165) is 5.56 Å². The summed E-state index contributed by atoms with van der Waals surface area (Å²) in [6.07, 6.45) is 6.28. The lowest BCUT2D eigenvalue weighted by Gasteiger charge is -2.11. The van der Waals surface area contributed by atoms with Crippen LogP contribution in [0.15, 0.2) is 55.1 Å². The average Bonchev–Trinajstić information content (AvgIpc) is 2.73. The number of benzene rings is 1. The van der Waals surface area contributed by atoms with Gasteiger partial charge in [-0.15, -0.1) is 0 Å². The van der Waals surface area contributed by atoms with Crippen LogP contribution in [0.4, 0.5) is 11.6 Å². The molecule has 0 fully saturated rings. The maximum absolute atomic E-state index is 12.2. The van der Waals surface area contributed by atoms with Gasteiger partial charge in [0.2, 0.25) is 5.95 Å². The van der Waals surface area contributed by atoms with Crippen molar-refractivity contribution in [2.75, 3.05) is 19.5 Å². The number of anilines is 2. The summed E-state index contributed by atoms with van der Waals surface area (Å²) in [5, 5.41) is 5.87. The second-order valence-electron chi connectivity index (χ2n) is 5.52. The molecular formula is C19H19N5O3. The van der Waals surface area contributed by atoms with Gasteiger partial charge in [0.15, 0.2) is 0 Å². The summed E-state index contributed by atoms with van der Waals surface area (Å²) >= 11 is 0. The zero-order chi connectivity index (χ0) is 19.1. The number of pyridine rings is 1. The Balaban J connectivity index is 1.66. The standard InChI is InChI=1S/C19H19N5O3/c1-26-15-3-4-17(27-2)16(9-15)24-19-22-11-14(12-23-19)18(25)21-10-13-5-7-20-8-6-13/h3-9,11-12H,10H2,1-2H3,(H,21,25)(H,22,23,24). The number of hydrogen-bond donors (Lipinski definition) is 2. The molecule has 0 radical (unpaired) electrons. The summed E-state index contributed by atoms with van der Waals surface area (Å²) in [5.74, 6) is 1.38. The molecule has 0 saturated carbocycles. The fourth-order valence-electron chi connectivity index (χ4n) is 2.33. The van der Waals surface area contributed by atoms with Crippen molar-refractivity contribution in [3.63, 3.8) is 0 Å². The van der Waals surface area contributed by atoms with Gasteiger partial charge in [0, 0.05) is 37.4 Å². The van der Waals surface area contributed by atoms with Crippen molar-refractivity contribution in [3.05, 3.63) is 66.2 Å². The maximum atomic E-state index is 12.2. The summed E-state index contributed by atoms with van der Waals surface area (Å²) in [7, 11) is 3.16. The smallest absolute Gasteiger partial charge is 0.254 e. The van der Waals surface area contributed by atoms with Crippen molar-refractivity contribution in [1.82, 2.24) is 20.3 Å². The molecule has 0 aliphatic heterocycles. The molecule has 2 aromatic heterocycles. The quantitative estimate of drug-likeness (QED) is 0.664. The minimum Gasteiger partial charge on any atom is -0.497 e.